The van der Waals surface area contributed by atoms with Crippen molar-refractivity contribution in [2.45, 2.75) is 13.8 Å². The molecule has 0 spiro atoms. The Hall–Kier alpha value is -1.68. The van der Waals surface area contributed by atoms with E-state index in [4.69, 9.17) is 4.74 Å². The lowest BCUT2D eigenvalue weighted by Gasteiger charge is -2.11. The van der Waals surface area contributed by atoms with Crippen LogP contribution in [-0.2, 0) is 0 Å². The number of benzene rings is 2. The summed E-state index contributed by atoms with van der Waals surface area (Å²) in [5.41, 5.74) is 2.46. The molecule has 0 N–H and O–H groups in total. The van der Waals surface area contributed by atoms with Crippen molar-refractivity contribution in [3.8, 4) is 5.75 Å². The van der Waals surface area contributed by atoms with E-state index < -0.39 is 5.82 Å². The Bertz CT molecular complexity index is 680. The monoisotopic (exact) mass is 336 g/mol. The highest BCUT2D eigenvalue weighted by molar-refractivity contribution is 9.10. The third-order valence-corrected chi connectivity index (χ3v) is 4.02. The first-order valence-electron chi connectivity index (χ1n) is 6.09. The number of aryl methyl sites for hydroxylation is 2. The molecule has 0 bridgehead atoms. The zero-order valence-electron chi connectivity index (χ0n) is 11.5. The van der Waals surface area contributed by atoms with E-state index in [9.17, 15) is 9.18 Å². The second-order valence-corrected chi connectivity index (χ2v) is 5.44. The van der Waals surface area contributed by atoms with Gasteiger partial charge in [0.25, 0.3) is 0 Å². The zero-order chi connectivity index (χ0) is 14.9. The molecule has 2 rings (SSSR count). The number of ketones is 1. The summed E-state index contributed by atoms with van der Waals surface area (Å²) < 4.78 is 19.4. The van der Waals surface area contributed by atoms with Crippen LogP contribution in [0, 0.1) is 19.7 Å². The predicted molar refractivity (Wildman–Crippen MR) is 80.0 cm³/mol. The minimum atomic E-state index is -0.427. The first-order valence-corrected chi connectivity index (χ1v) is 6.88. The third-order valence-electron chi connectivity index (χ3n) is 3.17. The Kier molecular flexibility index (Phi) is 4.23. The zero-order valence-corrected chi connectivity index (χ0v) is 13.0. The first kappa shape index (κ1) is 14.7. The maximum Gasteiger partial charge on any atom is 0.197 e. The van der Waals surface area contributed by atoms with Gasteiger partial charge in [-0.05, 0) is 49.2 Å². The van der Waals surface area contributed by atoms with Gasteiger partial charge in [0.05, 0.1) is 12.7 Å². The summed E-state index contributed by atoms with van der Waals surface area (Å²) in [7, 11) is 1.51. The molecular formula is C16H14BrFO2. The van der Waals surface area contributed by atoms with Crippen molar-refractivity contribution in [2.24, 2.45) is 0 Å². The van der Waals surface area contributed by atoms with Crippen LogP contribution in [0.1, 0.15) is 27.0 Å². The predicted octanol–water partition coefficient (Wildman–Crippen LogP) is 4.44. The molecule has 0 aliphatic carbocycles. The number of methoxy groups -OCH3 is 1. The fourth-order valence-corrected chi connectivity index (χ4v) is 2.33. The van der Waals surface area contributed by atoms with Crippen molar-refractivity contribution >= 4 is 21.7 Å². The molecule has 0 aromatic heterocycles. The number of hydrogen-bond donors (Lipinski definition) is 0. The van der Waals surface area contributed by atoms with Crippen LogP contribution in [-0.4, -0.2) is 12.9 Å². The molecular weight excluding hydrogens is 323 g/mol. The molecule has 0 heterocycles. The van der Waals surface area contributed by atoms with Gasteiger partial charge in [0.2, 0.25) is 0 Å². The smallest absolute Gasteiger partial charge is 0.197 e. The van der Waals surface area contributed by atoms with Gasteiger partial charge in [0.15, 0.2) is 5.78 Å². The van der Waals surface area contributed by atoms with Gasteiger partial charge >= 0.3 is 0 Å². The Morgan fingerprint density at radius 3 is 2.45 bits per heavy atom. The standard InChI is InChI=1S/C16H14BrFO2/c1-9-4-5-11(18)7-12(9)16(19)13-8-14(17)10(2)6-15(13)20-3/h4-8H,1-3H3. The molecule has 0 atom stereocenters. The van der Waals surface area contributed by atoms with Crippen LogP contribution < -0.4 is 4.74 Å². The summed E-state index contributed by atoms with van der Waals surface area (Å²) in [6.45, 7) is 3.69. The summed E-state index contributed by atoms with van der Waals surface area (Å²) in [5, 5.41) is 0. The number of halogens is 2. The van der Waals surface area contributed by atoms with E-state index in [1.165, 1.54) is 19.2 Å². The van der Waals surface area contributed by atoms with Crippen LogP contribution in [0.3, 0.4) is 0 Å². The Morgan fingerprint density at radius 1 is 1.10 bits per heavy atom. The second-order valence-electron chi connectivity index (χ2n) is 4.59. The van der Waals surface area contributed by atoms with Crippen molar-refractivity contribution in [3.63, 3.8) is 0 Å². The molecule has 0 aliphatic rings. The Balaban J connectivity index is 2.58. The van der Waals surface area contributed by atoms with Crippen LogP contribution in [0.5, 0.6) is 5.75 Å². The van der Waals surface area contributed by atoms with Crippen molar-refractivity contribution < 1.29 is 13.9 Å². The molecule has 104 valence electrons. The maximum atomic E-state index is 13.4. The number of carbonyl (C=O) groups excluding carboxylic acids is 1. The molecule has 0 saturated carbocycles. The lowest BCUT2D eigenvalue weighted by Crippen LogP contribution is -2.07. The van der Waals surface area contributed by atoms with Crippen LogP contribution in [0.2, 0.25) is 0 Å². The minimum Gasteiger partial charge on any atom is -0.496 e. The van der Waals surface area contributed by atoms with Gasteiger partial charge in [0, 0.05) is 10.0 Å². The van der Waals surface area contributed by atoms with Crippen molar-refractivity contribution in [3.05, 3.63) is 62.9 Å². The fourth-order valence-electron chi connectivity index (χ4n) is 1.99. The highest BCUT2D eigenvalue weighted by atomic mass is 79.9. The van der Waals surface area contributed by atoms with E-state index in [0.717, 1.165) is 15.6 Å². The third kappa shape index (κ3) is 2.75. The summed E-state index contributed by atoms with van der Waals surface area (Å²) in [6.07, 6.45) is 0. The SMILES string of the molecule is COc1cc(C)c(Br)cc1C(=O)c1cc(F)ccc1C. The summed E-state index contributed by atoms with van der Waals surface area (Å²) in [5.74, 6) is -0.192. The van der Waals surface area contributed by atoms with E-state index in [1.807, 2.05) is 6.92 Å². The highest BCUT2D eigenvalue weighted by Gasteiger charge is 2.18. The Morgan fingerprint density at radius 2 is 1.80 bits per heavy atom. The van der Waals surface area contributed by atoms with E-state index >= 15 is 0 Å². The van der Waals surface area contributed by atoms with Crippen LogP contribution in [0.4, 0.5) is 4.39 Å². The van der Waals surface area contributed by atoms with Crippen molar-refractivity contribution in [1.29, 1.82) is 0 Å². The largest absolute Gasteiger partial charge is 0.496 e. The molecule has 2 aromatic rings. The van der Waals surface area contributed by atoms with E-state index in [-0.39, 0.29) is 5.78 Å². The normalized spacial score (nSPS) is 10.4. The lowest BCUT2D eigenvalue weighted by atomic mass is 9.97. The van der Waals surface area contributed by atoms with Gasteiger partial charge in [-0.15, -0.1) is 0 Å². The molecule has 2 aromatic carbocycles. The Labute approximate surface area is 125 Å². The molecule has 0 unspecified atom stereocenters. The quantitative estimate of drug-likeness (QED) is 0.774. The van der Waals surface area contributed by atoms with Gasteiger partial charge in [-0.25, -0.2) is 4.39 Å². The average molecular weight is 337 g/mol. The summed E-state index contributed by atoms with van der Waals surface area (Å²) >= 11 is 3.40. The lowest BCUT2D eigenvalue weighted by molar-refractivity contribution is 0.103. The van der Waals surface area contributed by atoms with Crippen LogP contribution >= 0.6 is 15.9 Å². The molecule has 0 fully saturated rings. The molecule has 4 heteroatoms. The van der Waals surface area contributed by atoms with Gasteiger partial charge in [0.1, 0.15) is 11.6 Å². The molecule has 0 aliphatic heterocycles. The minimum absolute atomic E-state index is 0.250. The molecule has 0 radical (unpaired) electrons. The van der Waals surface area contributed by atoms with Crippen LogP contribution in [0.15, 0.2) is 34.8 Å². The average Bonchev–Trinajstić information content (AvgIpc) is 2.43. The van der Waals surface area contributed by atoms with E-state index in [1.54, 1.807) is 25.1 Å². The van der Waals surface area contributed by atoms with E-state index in [0.29, 0.717) is 16.9 Å². The highest BCUT2D eigenvalue weighted by Crippen LogP contribution is 2.29. The molecule has 20 heavy (non-hydrogen) atoms. The second kappa shape index (κ2) is 5.75. The topological polar surface area (TPSA) is 26.3 Å². The van der Waals surface area contributed by atoms with Gasteiger partial charge in [-0.3, -0.25) is 4.79 Å². The van der Waals surface area contributed by atoms with E-state index in [2.05, 4.69) is 15.9 Å². The number of rotatable bonds is 3. The molecule has 2 nitrogen and oxygen atoms in total. The number of hydrogen-bond acceptors (Lipinski definition) is 2. The van der Waals surface area contributed by atoms with Gasteiger partial charge in [-0.2, -0.15) is 0 Å². The van der Waals surface area contributed by atoms with Gasteiger partial charge in [-0.1, -0.05) is 22.0 Å². The fraction of sp³-hybridized carbons (Fsp3) is 0.188. The van der Waals surface area contributed by atoms with Crippen LogP contribution in [0.25, 0.3) is 0 Å². The molecule has 0 amide bonds. The van der Waals surface area contributed by atoms with Crippen molar-refractivity contribution in [2.75, 3.05) is 7.11 Å². The molecule has 0 saturated heterocycles. The number of carbonyl (C=O) groups is 1. The van der Waals surface area contributed by atoms with Gasteiger partial charge < -0.3 is 4.74 Å². The van der Waals surface area contributed by atoms with Crippen molar-refractivity contribution in [1.82, 2.24) is 0 Å². The summed E-state index contributed by atoms with van der Waals surface area (Å²) in [4.78, 5) is 12.6. The maximum absolute atomic E-state index is 13.4. The summed E-state index contributed by atoms with van der Waals surface area (Å²) in [6, 6.07) is 7.68. The number of ether oxygens (including phenoxy) is 1. The first-order chi connectivity index (χ1) is 9.43.